The molecule has 1 aromatic carbocycles. The Balaban J connectivity index is 1.74. The number of aryl methyl sites for hydroxylation is 2. The molecular weight excluding hydrogens is 394 g/mol. The lowest BCUT2D eigenvalue weighted by atomic mass is 10.0. The predicted octanol–water partition coefficient (Wildman–Crippen LogP) is 4.72. The lowest BCUT2D eigenvalue weighted by Crippen LogP contribution is -2.13. The van der Waals surface area contributed by atoms with E-state index >= 15 is 0 Å². The third-order valence-corrected chi connectivity index (χ3v) is 5.96. The lowest BCUT2D eigenvalue weighted by Gasteiger charge is -2.07. The molecule has 28 heavy (non-hydrogen) atoms. The number of rotatable bonds is 5. The van der Waals surface area contributed by atoms with Crippen LogP contribution in [0.1, 0.15) is 28.5 Å². The standard InChI is InChI=1S/C19H17N5O2S2/c1-4-27-19-23-22-18(28-19)21-16(25)13-9-14(12-7-5-10(2)6-8-12)20-17-15(13)11(3)24-26-17/h5-9H,4H2,1-3H3,(H,21,22,25). The molecule has 4 aromatic rings. The second-order valence-corrected chi connectivity index (χ2v) is 8.62. The lowest BCUT2D eigenvalue weighted by molar-refractivity contribution is 0.102. The van der Waals surface area contributed by atoms with Gasteiger partial charge in [0.2, 0.25) is 5.13 Å². The van der Waals surface area contributed by atoms with E-state index in [9.17, 15) is 4.79 Å². The number of hydrogen-bond donors (Lipinski definition) is 1. The van der Waals surface area contributed by atoms with Gasteiger partial charge in [-0.1, -0.05) is 65.0 Å². The Morgan fingerprint density at radius 3 is 2.75 bits per heavy atom. The summed E-state index contributed by atoms with van der Waals surface area (Å²) in [5, 5.41) is 16.0. The van der Waals surface area contributed by atoms with Gasteiger partial charge in [-0.2, -0.15) is 0 Å². The monoisotopic (exact) mass is 411 g/mol. The summed E-state index contributed by atoms with van der Waals surface area (Å²) in [6.07, 6.45) is 0. The molecule has 3 aromatic heterocycles. The Morgan fingerprint density at radius 2 is 2.00 bits per heavy atom. The fourth-order valence-corrected chi connectivity index (χ4v) is 4.40. The summed E-state index contributed by atoms with van der Waals surface area (Å²) >= 11 is 2.93. The van der Waals surface area contributed by atoms with E-state index in [0.29, 0.717) is 33.2 Å². The van der Waals surface area contributed by atoms with Crippen molar-refractivity contribution in [2.45, 2.75) is 25.1 Å². The minimum Gasteiger partial charge on any atom is -0.335 e. The summed E-state index contributed by atoms with van der Waals surface area (Å²) in [6.45, 7) is 5.85. The predicted molar refractivity (Wildman–Crippen MR) is 111 cm³/mol. The number of nitrogens with one attached hydrogen (secondary N) is 1. The van der Waals surface area contributed by atoms with Gasteiger partial charge in [-0.25, -0.2) is 4.98 Å². The molecule has 0 atom stereocenters. The summed E-state index contributed by atoms with van der Waals surface area (Å²) in [7, 11) is 0. The average Bonchev–Trinajstić information content (AvgIpc) is 3.28. The Kier molecular flexibility index (Phi) is 5.10. The summed E-state index contributed by atoms with van der Waals surface area (Å²) in [6, 6.07) is 9.69. The van der Waals surface area contributed by atoms with Crippen molar-refractivity contribution in [2.24, 2.45) is 0 Å². The smallest absolute Gasteiger partial charge is 0.259 e. The highest BCUT2D eigenvalue weighted by molar-refractivity contribution is 8.01. The molecule has 4 rings (SSSR count). The Morgan fingerprint density at radius 1 is 1.21 bits per heavy atom. The minimum atomic E-state index is -0.295. The molecule has 0 saturated carbocycles. The van der Waals surface area contributed by atoms with Crippen LogP contribution in [0.25, 0.3) is 22.4 Å². The number of thioether (sulfide) groups is 1. The van der Waals surface area contributed by atoms with Gasteiger partial charge in [0.25, 0.3) is 11.6 Å². The SMILES string of the molecule is CCSc1nnc(NC(=O)c2cc(-c3ccc(C)cc3)nc3onc(C)c23)s1. The number of benzene rings is 1. The number of aromatic nitrogens is 4. The van der Waals surface area contributed by atoms with Crippen LogP contribution in [0.15, 0.2) is 39.2 Å². The van der Waals surface area contributed by atoms with Crippen LogP contribution in [0.2, 0.25) is 0 Å². The van der Waals surface area contributed by atoms with Gasteiger partial charge in [-0.15, -0.1) is 10.2 Å². The molecule has 3 heterocycles. The van der Waals surface area contributed by atoms with Gasteiger partial charge in [0.05, 0.1) is 22.3 Å². The Hall–Kier alpha value is -2.78. The maximum Gasteiger partial charge on any atom is 0.259 e. The van der Waals surface area contributed by atoms with E-state index < -0.39 is 0 Å². The van der Waals surface area contributed by atoms with Gasteiger partial charge in [0, 0.05) is 5.56 Å². The van der Waals surface area contributed by atoms with E-state index in [1.807, 2.05) is 38.1 Å². The van der Waals surface area contributed by atoms with Crippen molar-refractivity contribution >= 4 is 45.2 Å². The average molecular weight is 412 g/mol. The number of pyridine rings is 1. The summed E-state index contributed by atoms with van der Waals surface area (Å²) in [4.78, 5) is 17.5. The third kappa shape index (κ3) is 3.63. The number of hydrogen-bond acceptors (Lipinski definition) is 8. The zero-order chi connectivity index (χ0) is 19.7. The molecule has 0 aliphatic heterocycles. The summed E-state index contributed by atoms with van der Waals surface area (Å²) in [5.74, 6) is 0.601. The number of amides is 1. The van der Waals surface area contributed by atoms with Crippen molar-refractivity contribution < 1.29 is 9.32 Å². The van der Waals surface area contributed by atoms with E-state index in [0.717, 1.165) is 21.2 Å². The topological polar surface area (TPSA) is 93.8 Å². The fourth-order valence-electron chi connectivity index (χ4n) is 2.75. The second kappa shape index (κ2) is 7.69. The number of anilines is 1. The van der Waals surface area contributed by atoms with Gasteiger partial charge in [-0.05, 0) is 25.7 Å². The number of fused-ring (bicyclic) bond motifs is 1. The first-order valence-electron chi connectivity index (χ1n) is 8.67. The first-order valence-corrected chi connectivity index (χ1v) is 10.5. The molecule has 9 heteroatoms. The maximum absolute atomic E-state index is 13.0. The van der Waals surface area contributed by atoms with Crippen LogP contribution in [0.5, 0.6) is 0 Å². The molecule has 0 bridgehead atoms. The molecule has 1 amide bonds. The molecule has 0 aliphatic rings. The van der Waals surface area contributed by atoms with E-state index in [1.165, 1.54) is 11.3 Å². The molecule has 0 fully saturated rings. The first kappa shape index (κ1) is 18.6. The zero-order valence-corrected chi connectivity index (χ0v) is 17.1. The van der Waals surface area contributed by atoms with E-state index in [-0.39, 0.29) is 5.91 Å². The number of nitrogens with zero attached hydrogens (tertiary/aromatic N) is 4. The summed E-state index contributed by atoms with van der Waals surface area (Å²) < 4.78 is 6.16. The van der Waals surface area contributed by atoms with Crippen molar-refractivity contribution in [1.29, 1.82) is 0 Å². The van der Waals surface area contributed by atoms with E-state index in [4.69, 9.17) is 4.52 Å². The van der Waals surface area contributed by atoms with Gasteiger partial charge in [0.1, 0.15) is 0 Å². The molecule has 0 spiro atoms. The largest absolute Gasteiger partial charge is 0.335 e. The van der Waals surface area contributed by atoms with Crippen LogP contribution < -0.4 is 5.32 Å². The molecule has 0 radical (unpaired) electrons. The third-order valence-electron chi connectivity index (χ3n) is 4.10. The maximum atomic E-state index is 13.0. The molecule has 0 aliphatic carbocycles. The van der Waals surface area contributed by atoms with Crippen molar-refractivity contribution in [2.75, 3.05) is 11.1 Å². The Labute approximate surface area is 169 Å². The molecule has 0 unspecified atom stereocenters. The molecule has 0 saturated heterocycles. The molecular formula is C19H17N5O2S2. The van der Waals surface area contributed by atoms with Crippen molar-refractivity contribution in [1.82, 2.24) is 20.3 Å². The zero-order valence-electron chi connectivity index (χ0n) is 15.5. The van der Waals surface area contributed by atoms with Crippen LogP contribution in [-0.2, 0) is 0 Å². The van der Waals surface area contributed by atoms with E-state index in [1.54, 1.807) is 24.8 Å². The first-order chi connectivity index (χ1) is 13.5. The minimum absolute atomic E-state index is 0.295. The highest BCUT2D eigenvalue weighted by Crippen LogP contribution is 2.29. The van der Waals surface area contributed by atoms with Gasteiger partial charge < -0.3 is 4.52 Å². The normalized spacial score (nSPS) is 11.1. The molecule has 1 N–H and O–H groups in total. The molecule has 7 nitrogen and oxygen atoms in total. The van der Waals surface area contributed by atoms with Crippen LogP contribution in [0, 0.1) is 13.8 Å². The van der Waals surface area contributed by atoms with Crippen LogP contribution in [-0.4, -0.2) is 32.0 Å². The fraction of sp³-hybridized carbons (Fsp3) is 0.211. The quantitative estimate of drug-likeness (QED) is 0.375. The van der Waals surface area contributed by atoms with Crippen molar-refractivity contribution in [3.8, 4) is 11.3 Å². The summed E-state index contributed by atoms with van der Waals surface area (Å²) in [5.41, 5.74) is 4.08. The van der Waals surface area contributed by atoms with Gasteiger partial charge in [0.15, 0.2) is 4.34 Å². The van der Waals surface area contributed by atoms with Crippen LogP contribution in [0.3, 0.4) is 0 Å². The van der Waals surface area contributed by atoms with E-state index in [2.05, 4.69) is 25.7 Å². The highest BCUT2D eigenvalue weighted by atomic mass is 32.2. The van der Waals surface area contributed by atoms with Crippen molar-refractivity contribution in [3.63, 3.8) is 0 Å². The van der Waals surface area contributed by atoms with Crippen LogP contribution in [0.4, 0.5) is 5.13 Å². The Bertz CT molecular complexity index is 1150. The van der Waals surface area contributed by atoms with Gasteiger partial charge >= 0.3 is 0 Å². The van der Waals surface area contributed by atoms with Crippen LogP contribution >= 0.6 is 23.1 Å². The van der Waals surface area contributed by atoms with Gasteiger partial charge in [-0.3, -0.25) is 10.1 Å². The number of carbonyl (C=O) groups is 1. The second-order valence-electron chi connectivity index (χ2n) is 6.13. The number of carbonyl (C=O) groups excluding carboxylic acids is 1. The molecule has 142 valence electrons. The van der Waals surface area contributed by atoms with Crippen molar-refractivity contribution in [3.05, 3.63) is 47.2 Å². The highest BCUT2D eigenvalue weighted by Gasteiger charge is 2.20.